The Labute approximate surface area is 384 Å². The van der Waals surface area contributed by atoms with Gasteiger partial charge in [0.25, 0.3) is 0 Å². The van der Waals surface area contributed by atoms with Crippen molar-refractivity contribution in [3.8, 4) is 22.3 Å². The molecular weight excluding hydrogens is 783 g/mol. The topological polar surface area (TPSA) is 12.4 Å². The molecule has 1 nitrogen and oxygen atoms in total. The van der Waals surface area contributed by atoms with E-state index in [-0.39, 0.29) is 0 Å². The fourth-order valence-corrected chi connectivity index (χ4v) is 9.12. The van der Waals surface area contributed by atoms with Gasteiger partial charge in [-0.2, -0.15) is 0 Å². The highest BCUT2D eigenvalue weighted by atomic mass is 14.7. The summed E-state index contributed by atoms with van der Waals surface area (Å²) in [5.41, 5.74) is 12.2. The first-order chi connectivity index (χ1) is 32.2. The van der Waals surface area contributed by atoms with Crippen LogP contribution in [0, 0.1) is 0 Å². The van der Waals surface area contributed by atoms with E-state index in [1.807, 2.05) is 37.4 Å². The normalized spacial score (nSPS) is 13.9. The van der Waals surface area contributed by atoms with Crippen molar-refractivity contribution in [2.24, 2.45) is 4.99 Å². The molecule has 8 aromatic carbocycles. The first-order valence-corrected chi connectivity index (χ1v) is 22.5. The second kappa shape index (κ2) is 20.4. The van der Waals surface area contributed by atoms with Crippen molar-refractivity contribution in [2.45, 2.75) is 18.8 Å². The molecule has 0 heterocycles. The Hall–Kier alpha value is -8.13. The van der Waals surface area contributed by atoms with E-state index in [9.17, 15) is 0 Å². The van der Waals surface area contributed by atoms with Crippen LogP contribution in [0.3, 0.4) is 0 Å². The van der Waals surface area contributed by atoms with E-state index in [2.05, 4.69) is 249 Å². The second-order valence-electron chi connectivity index (χ2n) is 16.2. The summed E-state index contributed by atoms with van der Waals surface area (Å²) in [6.07, 6.45) is 10.8. The lowest BCUT2D eigenvalue weighted by molar-refractivity contribution is 0.772. The molecular formula is C64H51N. The molecule has 0 amide bonds. The zero-order valence-corrected chi connectivity index (χ0v) is 36.7. The van der Waals surface area contributed by atoms with Crippen LogP contribution in [0.4, 0.5) is 5.69 Å². The van der Waals surface area contributed by atoms with Gasteiger partial charge in [0.2, 0.25) is 0 Å². The van der Waals surface area contributed by atoms with Gasteiger partial charge in [0, 0.05) is 11.6 Å². The minimum absolute atomic E-state index is 0.731. The third-order valence-electron chi connectivity index (χ3n) is 12.1. The lowest BCUT2D eigenvalue weighted by Crippen LogP contribution is -2.28. The van der Waals surface area contributed by atoms with Crippen LogP contribution in [-0.2, 0) is 11.8 Å². The first kappa shape index (κ1) is 42.2. The van der Waals surface area contributed by atoms with Gasteiger partial charge in [-0.1, -0.05) is 261 Å². The molecule has 0 aromatic heterocycles. The molecule has 0 fully saturated rings. The minimum Gasteiger partial charge on any atom is -0.256 e. The molecule has 0 saturated carbocycles. The van der Waals surface area contributed by atoms with Crippen molar-refractivity contribution in [3.05, 3.63) is 306 Å². The molecule has 0 radical (unpaired) electrons. The highest BCUT2D eigenvalue weighted by Crippen LogP contribution is 2.58. The van der Waals surface area contributed by atoms with Crippen molar-refractivity contribution in [1.29, 1.82) is 0 Å². The van der Waals surface area contributed by atoms with Crippen LogP contribution in [-0.4, -0.2) is 6.21 Å². The molecule has 1 atom stereocenters. The smallest absolute Gasteiger partial charge is 0.0755 e. The number of nitrogens with zero attached hydrogens (tertiary/aromatic N) is 1. The number of fused-ring (bicyclic) bond motifs is 5. The van der Waals surface area contributed by atoms with Crippen molar-refractivity contribution in [2.75, 3.05) is 0 Å². The number of hydrogen-bond acceptors (Lipinski definition) is 1. The summed E-state index contributed by atoms with van der Waals surface area (Å²) in [5.74, 6) is 0. The van der Waals surface area contributed by atoms with Crippen molar-refractivity contribution in [3.63, 3.8) is 0 Å². The lowest BCUT2D eigenvalue weighted by atomic mass is 9.66. The summed E-state index contributed by atoms with van der Waals surface area (Å²) in [6.45, 7) is 2.02. The van der Waals surface area contributed by atoms with Gasteiger partial charge >= 0.3 is 0 Å². The SMILES string of the molecule is C/C=C\C=C/C=Nc1c(C2(c3ccc4ccccc4c3)c3ccccccc(Cc4ccc(-c5ccccc5)cc4)cccccccccc3-c3ccccc32)ccc2ccccc12. The molecule has 312 valence electrons. The molecule has 65 heavy (non-hydrogen) atoms. The van der Waals surface area contributed by atoms with E-state index in [4.69, 9.17) is 4.99 Å². The number of allylic oxidation sites excluding steroid dienone is 4. The Bertz CT molecular complexity index is 3240. The molecule has 0 bridgehead atoms. The molecule has 0 aliphatic heterocycles. The zero-order chi connectivity index (χ0) is 44.1. The predicted octanol–water partition coefficient (Wildman–Crippen LogP) is 16.8. The van der Waals surface area contributed by atoms with Gasteiger partial charge in [-0.05, 0) is 97.3 Å². The van der Waals surface area contributed by atoms with E-state index < -0.39 is 5.41 Å². The molecule has 1 aliphatic carbocycles. The molecule has 9 rings (SSSR count). The molecule has 0 spiro atoms. The van der Waals surface area contributed by atoms with Crippen LogP contribution in [0.25, 0.3) is 43.8 Å². The Morgan fingerprint density at radius 1 is 0.385 bits per heavy atom. The largest absolute Gasteiger partial charge is 0.256 e. The molecule has 8 aromatic rings. The van der Waals surface area contributed by atoms with E-state index in [0.717, 1.165) is 28.4 Å². The van der Waals surface area contributed by atoms with Gasteiger partial charge in [0.05, 0.1) is 11.1 Å². The highest BCUT2D eigenvalue weighted by molar-refractivity contribution is 5.99. The van der Waals surface area contributed by atoms with Gasteiger partial charge in [0.1, 0.15) is 0 Å². The maximum absolute atomic E-state index is 5.35. The number of rotatable bonds is 8. The van der Waals surface area contributed by atoms with Gasteiger partial charge in [-0.25, -0.2) is 0 Å². The van der Waals surface area contributed by atoms with E-state index in [1.165, 1.54) is 60.8 Å². The summed E-state index contributed by atoms with van der Waals surface area (Å²) in [6, 6.07) is 89.6. The third kappa shape index (κ3) is 9.18. The van der Waals surface area contributed by atoms with Gasteiger partial charge < -0.3 is 0 Å². The van der Waals surface area contributed by atoms with Crippen LogP contribution in [0.5, 0.6) is 0 Å². The van der Waals surface area contributed by atoms with Crippen LogP contribution in [0.1, 0.15) is 40.3 Å². The average Bonchev–Trinajstić information content (AvgIpc) is 3.63. The number of aliphatic imine (C=N–C) groups is 1. The number of hydrogen-bond donors (Lipinski definition) is 0. The summed E-state index contributed by atoms with van der Waals surface area (Å²) in [7, 11) is 0. The lowest BCUT2D eigenvalue weighted by Gasteiger charge is -2.35. The zero-order valence-electron chi connectivity index (χ0n) is 36.7. The van der Waals surface area contributed by atoms with Gasteiger partial charge in [0.15, 0.2) is 0 Å². The van der Waals surface area contributed by atoms with E-state index in [1.54, 1.807) is 0 Å². The average molecular weight is 834 g/mol. The second-order valence-corrected chi connectivity index (χ2v) is 16.2. The fraction of sp³-hybridized carbons (Fsp3) is 0.0469. The van der Waals surface area contributed by atoms with Crippen LogP contribution in [0.15, 0.2) is 278 Å². The Kier molecular flexibility index (Phi) is 13.2. The van der Waals surface area contributed by atoms with Gasteiger partial charge in [-0.3, -0.25) is 4.99 Å². The van der Waals surface area contributed by atoms with Crippen molar-refractivity contribution < 1.29 is 0 Å². The maximum atomic E-state index is 5.35. The Morgan fingerprint density at radius 2 is 0.892 bits per heavy atom. The first-order valence-electron chi connectivity index (χ1n) is 22.5. The van der Waals surface area contributed by atoms with Gasteiger partial charge in [-0.15, -0.1) is 0 Å². The van der Waals surface area contributed by atoms with Crippen LogP contribution in [0.2, 0.25) is 0 Å². The van der Waals surface area contributed by atoms with Crippen molar-refractivity contribution >= 4 is 33.4 Å². The highest BCUT2D eigenvalue weighted by Gasteiger charge is 2.47. The minimum atomic E-state index is -0.731. The number of benzene rings is 7. The molecule has 1 heteroatoms. The monoisotopic (exact) mass is 833 g/mol. The van der Waals surface area contributed by atoms with Crippen LogP contribution < -0.4 is 0 Å². The van der Waals surface area contributed by atoms with E-state index in [0.29, 0.717) is 0 Å². The predicted molar refractivity (Wildman–Crippen MR) is 278 cm³/mol. The quantitative estimate of drug-likeness (QED) is 0.107. The molecule has 0 saturated heterocycles. The summed E-state index contributed by atoms with van der Waals surface area (Å²) >= 11 is 0. The maximum Gasteiger partial charge on any atom is 0.0755 e. The van der Waals surface area contributed by atoms with E-state index >= 15 is 0 Å². The molecule has 1 aliphatic rings. The Balaban J connectivity index is 1.27. The molecule has 0 N–H and O–H groups in total. The summed E-state index contributed by atoms with van der Waals surface area (Å²) in [5, 5.41) is 4.66. The van der Waals surface area contributed by atoms with Crippen LogP contribution >= 0.6 is 0 Å². The fourth-order valence-electron chi connectivity index (χ4n) is 9.12. The summed E-state index contributed by atoms with van der Waals surface area (Å²) in [4.78, 5) is 5.35. The Morgan fingerprint density at radius 3 is 1.60 bits per heavy atom. The van der Waals surface area contributed by atoms with Crippen molar-refractivity contribution in [1.82, 2.24) is 0 Å². The summed E-state index contributed by atoms with van der Waals surface area (Å²) < 4.78 is 0. The standard InChI is InChI=1S/C64H51N/c1-2-3-4-25-46-65-63-57-33-22-21-31-54(57)43-45-62(63)64(56-44-42-52-30-19-20-32-55(52)48-56)60-36-18-11-10-14-27-49(47-50-38-40-53(41-39-50)51-28-15-12-16-29-51)26-13-8-6-5-7-9-17-34-58(60)59-35-23-24-37-61(59)64/h2-46,48H,47H2,1H3/b3-2-,6-5?,7-5?,8-6?,9-7?,11-10?,13-8?,14-10?,17-9?,18-11?,25-4-,26-13?,27-14?,34-17?,36-18?,49-26?,49-27?,58-34?,60-36?,65-46?. The third-order valence-corrected chi connectivity index (χ3v) is 12.1. The molecule has 1 unspecified atom stereocenters.